The summed E-state index contributed by atoms with van der Waals surface area (Å²) in [5.41, 5.74) is 0. The van der Waals surface area contributed by atoms with Gasteiger partial charge in [-0.15, -0.1) is 0 Å². The maximum Gasteiger partial charge on any atom is -0.0325 e. The summed E-state index contributed by atoms with van der Waals surface area (Å²) in [4.78, 5) is 0. The molecular weight excluding hydrogens is 156 g/mol. The fraction of sp³-hybridized carbons (Fsp3) is 0.846. The van der Waals surface area contributed by atoms with Crippen molar-refractivity contribution in [3.63, 3.8) is 0 Å². The fourth-order valence-electron chi connectivity index (χ4n) is 2.03. The first kappa shape index (κ1) is 10.8. The van der Waals surface area contributed by atoms with Gasteiger partial charge in [-0.1, -0.05) is 57.6 Å². The quantitative estimate of drug-likeness (QED) is 0.474. The van der Waals surface area contributed by atoms with Gasteiger partial charge in [-0.3, -0.25) is 0 Å². The lowest BCUT2D eigenvalue weighted by atomic mass is 9.97. The predicted octanol–water partition coefficient (Wildman–Crippen LogP) is 4.70. The highest BCUT2D eigenvalue weighted by atomic mass is 14.1. The second-order valence-electron chi connectivity index (χ2n) is 4.51. The van der Waals surface area contributed by atoms with Crippen LogP contribution in [0.3, 0.4) is 0 Å². The van der Waals surface area contributed by atoms with Crippen molar-refractivity contribution in [2.75, 3.05) is 0 Å². The van der Waals surface area contributed by atoms with Crippen molar-refractivity contribution in [2.45, 2.75) is 64.7 Å². The van der Waals surface area contributed by atoms with Gasteiger partial charge in [0.25, 0.3) is 0 Å². The van der Waals surface area contributed by atoms with Crippen molar-refractivity contribution in [2.24, 2.45) is 5.92 Å². The molecule has 0 aromatic carbocycles. The van der Waals surface area contributed by atoms with Crippen LogP contribution in [0.15, 0.2) is 12.2 Å². The molecule has 0 heteroatoms. The maximum atomic E-state index is 2.40. The standard InChI is InChI=1S/C13H24/c1-13-11-9-7-5-3-2-4-6-8-10-12-13/h7,9,13H,2-6,8,10-12H2,1H3/b9-7+. The van der Waals surface area contributed by atoms with Crippen LogP contribution in [-0.2, 0) is 0 Å². The van der Waals surface area contributed by atoms with Gasteiger partial charge in [0.05, 0.1) is 0 Å². The Morgan fingerprint density at radius 1 is 0.846 bits per heavy atom. The molecule has 0 aliphatic heterocycles. The summed E-state index contributed by atoms with van der Waals surface area (Å²) in [5, 5.41) is 0. The molecule has 0 radical (unpaired) electrons. The Morgan fingerprint density at radius 3 is 2.38 bits per heavy atom. The molecule has 0 saturated heterocycles. The lowest BCUT2D eigenvalue weighted by Crippen LogP contribution is -1.93. The lowest BCUT2D eigenvalue weighted by molar-refractivity contribution is 0.482. The van der Waals surface area contributed by atoms with Crippen molar-refractivity contribution in [3.8, 4) is 0 Å². The van der Waals surface area contributed by atoms with Gasteiger partial charge in [0.1, 0.15) is 0 Å². The molecule has 0 heterocycles. The summed E-state index contributed by atoms with van der Waals surface area (Å²) in [6.07, 6.45) is 17.5. The van der Waals surface area contributed by atoms with Crippen LogP contribution < -0.4 is 0 Å². The van der Waals surface area contributed by atoms with Gasteiger partial charge in [0.2, 0.25) is 0 Å². The Labute approximate surface area is 83.4 Å². The Balaban J connectivity index is 2.22. The zero-order chi connectivity index (χ0) is 9.36. The van der Waals surface area contributed by atoms with Crippen LogP contribution >= 0.6 is 0 Å². The number of hydrogen-bond acceptors (Lipinski definition) is 0. The average molecular weight is 180 g/mol. The van der Waals surface area contributed by atoms with Gasteiger partial charge in [0.15, 0.2) is 0 Å². The third-order valence-corrected chi connectivity index (χ3v) is 3.02. The molecule has 1 aliphatic rings. The second kappa shape index (κ2) is 7.17. The molecule has 1 unspecified atom stereocenters. The molecule has 0 aromatic rings. The van der Waals surface area contributed by atoms with Gasteiger partial charge in [0, 0.05) is 0 Å². The van der Waals surface area contributed by atoms with Crippen molar-refractivity contribution < 1.29 is 0 Å². The predicted molar refractivity (Wildman–Crippen MR) is 59.9 cm³/mol. The lowest BCUT2D eigenvalue weighted by Gasteiger charge is -2.09. The number of rotatable bonds is 0. The van der Waals surface area contributed by atoms with E-state index >= 15 is 0 Å². The molecule has 13 heavy (non-hydrogen) atoms. The van der Waals surface area contributed by atoms with Gasteiger partial charge in [-0.05, 0) is 25.2 Å². The Bertz CT molecular complexity index is 135. The highest BCUT2D eigenvalue weighted by molar-refractivity contribution is 4.83. The van der Waals surface area contributed by atoms with E-state index in [0.29, 0.717) is 0 Å². The topological polar surface area (TPSA) is 0 Å². The summed E-state index contributed by atoms with van der Waals surface area (Å²) < 4.78 is 0. The highest BCUT2D eigenvalue weighted by Gasteiger charge is 2.00. The molecule has 0 aromatic heterocycles. The first-order chi connectivity index (χ1) is 6.39. The van der Waals surface area contributed by atoms with E-state index in [2.05, 4.69) is 19.1 Å². The molecule has 1 rings (SSSR count). The molecule has 0 N–H and O–H groups in total. The van der Waals surface area contributed by atoms with Crippen molar-refractivity contribution in [1.29, 1.82) is 0 Å². The van der Waals surface area contributed by atoms with Crippen molar-refractivity contribution in [3.05, 3.63) is 12.2 Å². The van der Waals surface area contributed by atoms with E-state index in [1.165, 1.54) is 57.8 Å². The van der Waals surface area contributed by atoms with Gasteiger partial charge in [-0.2, -0.15) is 0 Å². The average Bonchev–Trinajstić information content (AvgIpc) is 2.11. The van der Waals surface area contributed by atoms with Gasteiger partial charge in [-0.25, -0.2) is 0 Å². The SMILES string of the molecule is CC1C/C=C/CCCCCCCC1. The van der Waals surface area contributed by atoms with E-state index in [9.17, 15) is 0 Å². The molecule has 76 valence electrons. The Morgan fingerprint density at radius 2 is 1.54 bits per heavy atom. The first-order valence-corrected chi connectivity index (χ1v) is 6.04. The second-order valence-corrected chi connectivity index (χ2v) is 4.51. The first-order valence-electron chi connectivity index (χ1n) is 6.04. The number of hydrogen-bond donors (Lipinski definition) is 0. The largest absolute Gasteiger partial charge is 0.0885 e. The van der Waals surface area contributed by atoms with Crippen molar-refractivity contribution >= 4 is 0 Å². The smallest absolute Gasteiger partial charge is 0.0325 e. The molecule has 0 saturated carbocycles. The van der Waals surface area contributed by atoms with E-state index in [4.69, 9.17) is 0 Å². The molecule has 0 spiro atoms. The number of allylic oxidation sites excluding steroid dienone is 2. The van der Waals surface area contributed by atoms with Crippen LogP contribution in [0.1, 0.15) is 64.7 Å². The normalized spacial score (nSPS) is 30.1. The third kappa shape index (κ3) is 5.90. The van der Waals surface area contributed by atoms with E-state index < -0.39 is 0 Å². The molecule has 1 atom stereocenters. The van der Waals surface area contributed by atoms with Crippen LogP contribution in [0.2, 0.25) is 0 Å². The Kier molecular flexibility index (Phi) is 5.97. The van der Waals surface area contributed by atoms with E-state index in [1.807, 2.05) is 0 Å². The van der Waals surface area contributed by atoms with Crippen LogP contribution in [-0.4, -0.2) is 0 Å². The minimum absolute atomic E-state index is 0.913. The zero-order valence-electron chi connectivity index (χ0n) is 9.10. The zero-order valence-corrected chi connectivity index (χ0v) is 9.10. The fourth-order valence-corrected chi connectivity index (χ4v) is 2.03. The van der Waals surface area contributed by atoms with Gasteiger partial charge < -0.3 is 0 Å². The summed E-state index contributed by atoms with van der Waals surface area (Å²) in [6, 6.07) is 0. The molecule has 0 amide bonds. The Hall–Kier alpha value is -0.260. The minimum atomic E-state index is 0.913. The van der Waals surface area contributed by atoms with Crippen LogP contribution in [0, 0.1) is 5.92 Å². The van der Waals surface area contributed by atoms with E-state index in [1.54, 1.807) is 0 Å². The monoisotopic (exact) mass is 180 g/mol. The van der Waals surface area contributed by atoms with Gasteiger partial charge >= 0.3 is 0 Å². The molecule has 0 bridgehead atoms. The molecule has 0 fully saturated rings. The maximum absolute atomic E-state index is 2.40. The molecule has 1 aliphatic carbocycles. The minimum Gasteiger partial charge on any atom is -0.0885 e. The molecule has 0 nitrogen and oxygen atoms in total. The van der Waals surface area contributed by atoms with Crippen molar-refractivity contribution in [1.82, 2.24) is 0 Å². The summed E-state index contributed by atoms with van der Waals surface area (Å²) in [5.74, 6) is 0.913. The summed E-state index contributed by atoms with van der Waals surface area (Å²) >= 11 is 0. The third-order valence-electron chi connectivity index (χ3n) is 3.02. The molecular formula is C13H24. The summed E-state index contributed by atoms with van der Waals surface area (Å²) in [6.45, 7) is 2.39. The van der Waals surface area contributed by atoms with Crippen LogP contribution in [0.4, 0.5) is 0 Å². The van der Waals surface area contributed by atoms with Crippen LogP contribution in [0.25, 0.3) is 0 Å². The van der Waals surface area contributed by atoms with E-state index in [-0.39, 0.29) is 0 Å². The summed E-state index contributed by atoms with van der Waals surface area (Å²) in [7, 11) is 0. The van der Waals surface area contributed by atoms with E-state index in [0.717, 1.165) is 5.92 Å². The van der Waals surface area contributed by atoms with Crippen LogP contribution in [0.5, 0.6) is 0 Å². The highest BCUT2D eigenvalue weighted by Crippen LogP contribution is 2.16.